The van der Waals surface area contributed by atoms with Gasteiger partial charge in [-0.05, 0) is 6.07 Å². The number of fused-ring (bicyclic) bond motifs is 4. The summed E-state index contributed by atoms with van der Waals surface area (Å²) in [4.78, 5) is 58.6. The van der Waals surface area contributed by atoms with Gasteiger partial charge < -0.3 is 134 Å². The van der Waals surface area contributed by atoms with Crippen molar-refractivity contribution in [3.63, 3.8) is 0 Å². The highest BCUT2D eigenvalue weighted by Crippen LogP contribution is 2.38. The van der Waals surface area contributed by atoms with Crippen LogP contribution in [0.5, 0.6) is 0 Å². The number of carbonyl (C=O) groups is 3. The lowest BCUT2D eigenvalue weighted by atomic mass is 9.89. The number of anilines is 1. The van der Waals surface area contributed by atoms with E-state index in [0.29, 0.717) is 39.6 Å². The fourth-order valence-corrected chi connectivity index (χ4v) is 8.91. The number of nitrogens with one attached hydrogen (secondary N) is 4. The highest BCUT2D eigenvalue weighted by molar-refractivity contribution is 5.77. The van der Waals surface area contributed by atoms with Gasteiger partial charge in [0.2, 0.25) is 17.7 Å². The average molecular weight is 1290 g/mol. The minimum Gasteiger partial charge on any atom is -0.388 e. The van der Waals surface area contributed by atoms with Crippen molar-refractivity contribution in [3.8, 4) is 0 Å². The number of amides is 3. The second kappa shape index (κ2) is 42.4. The summed E-state index contributed by atoms with van der Waals surface area (Å²) >= 11 is 0. The molecule has 4 aliphatic rings. The number of ether oxygens (including phenoxy) is 17. The van der Waals surface area contributed by atoms with Gasteiger partial charge in [-0.15, -0.1) is 0 Å². The predicted molar refractivity (Wildman–Crippen MR) is 303 cm³/mol. The molecule has 0 radical (unpaired) electrons. The van der Waals surface area contributed by atoms with Crippen LogP contribution in [0.2, 0.25) is 0 Å². The van der Waals surface area contributed by atoms with Crippen LogP contribution >= 0.6 is 0 Å². The Morgan fingerprint density at radius 2 is 0.921 bits per heavy atom. The maximum absolute atomic E-state index is 12.8. The molecule has 36 heteroatoms. The molecule has 89 heavy (non-hydrogen) atoms. The van der Waals surface area contributed by atoms with Crippen LogP contribution < -0.4 is 32.7 Å². The lowest BCUT2D eigenvalue weighted by molar-refractivity contribution is -0.393. The van der Waals surface area contributed by atoms with E-state index in [9.17, 15) is 55.0 Å². The quantitative estimate of drug-likeness (QED) is 0.0166. The van der Waals surface area contributed by atoms with Gasteiger partial charge in [0.05, 0.1) is 212 Å². The summed E-state index contributed by atoms with van der Waals surface area (Å²) in [5.41, 5.74) is 8.55. The molecule has 0 unspecified atom stereocenters. The number of hydrogen-bond donors (Lipinski definition) is 10. The largest absolute Gasteiger partial charge is 0.388 e. The van der Waals surface area contributed by atoms with E-state index in [-0.39, 0.29) is 195 Å². The van der Waals surface area contributed by atoms with Crippen LogP contribution in [0.15, 0.2) is 18.2 Å². The number of aliphatic hydroxyl groups excluding tert-OH is 4. The van der Waals surface area contributed by atoms with Gasteiger partial charge in [0, 0.05) is 38.5 Å². The lowest BCUT2D eigenvalue weighted by Gasteiger charge is -2.41. The van der Waals surface area contributed by atoms with E-state index in [4.69, 9.17) is 92.0 Å². The Morgan fingerprint density at radius 3 is 1.34 bits per heavy atom. The van der Waals surface area contributed by atoms with Crippen molar-refractivity contribution in [1.82, 2.24) is 16.0 Å². The summed E-state index contributed by atoms with van der Waals surface area (Å²) in [6, 6.07) is 0.925. The Kier molecular flexibility index (Phi) is 35.8. The minimum absolute atomic E-state index is 0.000365. The third-order valence-electron chi connectivity index (χ3n) is 13.8. The fourth-order valence-electron chi connectivity index (χ4n) is 8.91. The SMILES string of the molecule is N[C@H]1[C@H]2OC[C@](COCCOCCOCCOCCNC(=O)CCOCC(COCCC(=O)NCCOCCOCCOCCOC[C@@]34CO[C@@H](O3)[C@H](N)[C@@H](O)[C@H]4O)NC(=O)COCCOCCOCCNc3ccc([N+](=O)[O-])cc3[N+](=O)[O-])(O2)[C@H](O)[C@@H]1O. The number of rotatable bonds is 53. The van der Waals surface area contributed by atoms with Gasteiger partial charge >= 0.3 is 0 Å². The van der Waals surface area contributed by atoms with Gasteiger partial charge in [-0.25, -0.2) is 0 Å². The van der Waals surface area contributed by atoms with Crippen LogP contribution in [0.3, 0.4) is 0 Å². The maximum atomic E-state index is 12.8. The fraction of sp³-hybridized carbons (Fsp3) is 0.830. The summed E-state index contributed by atoms with van der Waals surface area (Å²) in [5, 5.41) is 74.5. The zero-order valence-corrected chi connectivity index (χ0v) is 49.9. The second-order valence-electron chi connectivity index (χ2n) is 20.6. The van der Waals surface area contributed by atoms with Crippen molar-refractivity contribution in [2.24, 2.45) is 11.5 Å². The summed E-state index contributed by atoms with van der Waals surface area (Å²) in [7, 11) is 0. The lowest BCUT2D eigenvalue weighted by Crippen LogP contribution is -2.65. The molecular weight excluding hydrogens is 1200 g/mol. The van der Waals surface area contributed by atoms with Crippen molar-refractivity contribution in [3.05, 3.63) is 38.4 Å². The number of nitro benzene ring substituents is 2. The molecule has 4 bridgehead atoms. The summed E-state index contributed by atoms with van der Waals surface area (Å²) < 4.78 is 94.3. The van der Waals surface area contributed by atoms with Gasteiger partial charge in [0.15, 0.2) is 12.6 Å². The number of aliphatic hydroxyl groups is 4. The second-order valence-corrected chi connectivity index (χ2v) is 20.6. The molecule has 4 fully saturated rings. The van der Waals surface area contributed by atoms with Crippen molar-refractivity contribution >= 4 is 34.8 Å². The van der Waals surface area contributed by atoms with Crippen molar-refractivity contribution in [1.29, 1.82) is 0 Å². The minimum atomic E-state index is -1.24. The van der Waals surface area contributed by atoms with E-state index in [2.05, 4.69) is 21.3 Å². The van der Waals surface area contributed by atoms with Crippen LogP contribution in [0.4, 0.5) is 17.1 Å². The molecule has 1 aromatic carbocycles. The van der Waals surface area contributed by atoms with Gasteiger partial charge in [0.1, 0.15) is 47.9 Å². The maximum Gasteiger partial charge on any atom is 0.299 e. The first-order valence-corrected chi connectivity index (χ1v) is 29.4. The molecule has 1 aromatic rings. The van der Waals surface area contributed by atoms with Crippen LogP contribution in [0.1, 0.15) is 12.8 Å². The topological polar surface area (TPSA) is 475 Å². The van der Waals surface area contributed by atoms with E-state index in [1.54, 1.807) is 0 Å². The highest BCUT2D eigenvalue weighted by Gasteiger charge is 2.59. The first-order valence-electron chi connectivity index (χ1n) is 29.4. The number of benzene rings is 1. The first kappa shape index (κ1) is 75.0. The molecule has 3 amide bonds. The highest BCUT2D eigenvalue weighted by atomic mass is 16.8. The Bertz CT molecular complexity index is 2110. The number of carbonyl (C=O) groups excluding carboxylic acids is 3. The zero-order chi connectivity index (χ0) is 64.1. The van der Waals surface area contributed by atoms with Crippen molar-refractivity contribution in [2.75, 3.05) is 210 Å². The molecule has 10 atom stereocenters. The van der Waals surface area contributed by atoms with Crippen LogP contribution in [0, 0.1) is 20.2 Å². The number of nitrogens with two attached hydrogens (primary N) is 2. The van der Waals surface area contributed by atoms with Crippen LogP contribution in [-0.4, -0.2) is 319 Å². The standard InChI is InChI=1S/C53H90N8O28/c54-44-46(65)48(67)52(35-86-50(44)88-52)33-84-27-24-79-21-19-76-16-14-74-11-6-57-41(62)3-8-81-30-37(59-43(64)32-83-26-23-78-18-13-73-10-5-56-39-2-1-38(60(69)70)29-40(39)61(71)72)31-82-9-4-42(63)58-7-12-75-15-17-77-20-22-80-25-28-85-34-53-36-87-51(89-53)45(55)47(66)49(53)68/h1-2,29,37,44-51,56,65-68H,3-28,30-36,54-55H2,(H,57,62)(H,58,63)(H,59,64)/t44-,45-,46-,47-,48-,49-,50+,51+,52+,53+/m1/s1. The number of hydrogen-bond acceptors (Lipinski definition) is 31. The molecule has 12 N–H and O–H groups in total. The third kappa shape index (κ3) is 27.2. The Morgan fingerprint density at radius 1 is 0.528 bits per heavy atom. The Balaban J connectivity index is 0.853. The van der Waals surface area contributed by atoms with E-state index in [0.717, 1.165) is 12.1 Å². The molecule has 510 valence electrons. The van der Waals surface area contributed by atoms with Crippen LogP contribution in [-0.2, 0) is 94.9 Å². The normalized spacial score (nSPS) is 24.8. The average Bonchev–Trinajstić information content (AvgIpc) is 1.67. The Hall–Kier alpha value is -4.69. The van der Waals surface area contributed by atoms with Crippen LogP contribution in [0.25, 0.3) is 0 Å². The summed E-state index contributed by atoms with van der Waals surface area (Å²) in [6.45, 7) is 5.07. The molecule has 5 rings (SSSR count). The molecule has 0 aromatic heterocycles. The third-order valence-corrected chi connectivity index (χ3v) is 13.8. The number of non-ortho nitro benzene ring substituents is 1. The van der Waals surface area contributed by atoms with Crippen molar-refractivity contribution in [2.45, 2.75) is 79.2 Å². The molecule has 4 aliphatic heterocycles. The molecule has 0 spiro atoms. The van der Waals surface area contributed by atoms with Gasteiger partial charge in [0.25, 0.3) is 11.4 Å². The summed E-state index contributed by atoms with van der Waals surface area (Å²) in [6.07, 6.45) is -6.42. The summed E-state index contributed by atoms with van der Waals surface area (Å²) in [5.74, 6) is -1.05. The van der Waals surface area contributed by atoms with Gasteiger partial charge in [-0.2, -0.15) is 0 Å². The van der Waals surface area contributed by atoms with E-state index < -0.39 is 93.5 Å². The Labute approximate surface area is 513 Å². The molecule has 0 saturated carbocycles. The predicted octanol–water partition coefficient (Wildman–Crippen LogP) is -5.02. The molecule has 4 heterocycles. The van der Waals surface area contributed by atoms with Crippen molar-refractivity contribution < 1.29 is 125 Å². The molecule has 4 saturated heterocycles. The van der Waals surface area contributed by atoms with E-state index in [1.807, 2.05) is 0 Å². The number of nitrogens with zero attached hydrogens (tertiary/aromatic N) is 2. The number of nitro groups is 2. The van der Waals surface area contributed by atoms with Gasteiger partial charge in [-0.1, -0.05) is 0 Å². The molecular formula is C53H90N8O28. The van der Waals surface area contributed by atoms with E-state index >= 15 is 0 Å². The first-order chi connectivity index (χ1) is 43.1. The smallest absolute Gasteiger partial charge is 0.299 e. The molecule has 0 aliphatic carbocycles. The monoisotopic (exact) mass is 1290 g/mol. The van der Waals surface area contributed by atoms with E-state index in [1.165, 1.54) is 6.07 Å². The molecule has 36 nitrogen and oxygen atoms in total. The zero-order valence-electron chi connectivity index (χ0n) is 49.9. The van der Waals surface area contributed by atoms with Gasteiger partial charge in [-0.3, -0.25) is 34.6 Å².